The molecule has 2 aliphatic heterocycles. The fourth-order valence-electron chi connectivity index (χ4n) is 4.47. The van der Waals surface area contributed by atoms with Crippen LogP contribution in [0, 0.1) is 13.8 Å². The van der Waals surface area contributed by atoms with Gasteiger partial charge in [-0.05, 0) is 49.7 Å². The van der Waals surface area contributed by atoms with Crippen LogP contribution in [0.2, 0.25) is 0 Å². The minimum Gasteiger partial charge on any atom is -0.325 e. The molecule has 3 amide bonds. The third kappa shape index (κ3) is 3.49. The number of aryl methyl sites for hydroxylation is 2. The van der Waals surface area contributed by atoms with E-state index in [0.717, 1.165) is 16.7 Å². The van der Waals surface area contributed by atoms with Gasteiger partial charge in [0.25, 0.3) is 5.91 Å². The van der Waals surface area contributed by atoms with Crippen LogP contribution in [0.3, 0.4) is 0 Å². The van der Waals surface area contributed by atoms with E-state index in [1.807, 2.05) is 86.6 Å². The Morgan fingerprint density at radius 1 is 0.970 bits per heavy atom. The molecular weight excluding hydrogens is 434 g/mol. The molecule has 0 bridgehead atoms. The number of para-hydroxylation sites is 1. The van der Waals surface area contributed by atoms with E-state index in [2.05, 4.69) is 5.32 Å². The molecule has 2 heterocycles. The Morgan fingerprint density at radius 3 is 2.48 bits per heavy atom. The fraction of sp³-hybridized carbons (Fsp3) is 0.192. The maximum atomic E-state index is 14.0. The lowest BCUT2D eigenvalue weighted by Crippen LogP contribution is -2.50. The van der Waals surface area contributed by atoms with Crippen LogP contribution in [-0.2, 0) is 19.3 Å². The Balaban J connectivity index is 1.51. The minimum absolute atomic E-state index is 0.127. The number of rotatable bonds is 4. The van der Waals surface area contributed by atoms with Crippen molar-refractivity contribution in [3.05, 3.63) is 89.5 Å². The molecule has 0 aromatic heterocycles. The molecule has 1 atom stereocenters. The zero-order chi connectivity index (χ0) is 23.2. The Labute approximate surface area is 196 Å². The van der Waals surface area contributed by atoms with Crippen molar-refractivity contribution in [2.45, 2.75) is 18.7 Å². The number of fused-ring (bicyclic) bond motifs is 2. The monoisotopic (exact) mass is 457 g/mol. The van der Waals surface area contributed by atoms with E-state index in [0.29, 0.717) is 17.1 Å². The molecule has 33 heavy (non-hydrogen) atoms. The molecule has 2 aliphatic rings. The zero-order valence-corrected chi connectivity index (χ0v) is 19.2. The summed E-state index contributed by atoms with van der Waals surface area (Å²) >= 11 is 1.31. The number of thioether (sulfide) groups is 1. The maximum Gasteiger partial charge on any atom is 0.269 e. The predicted molar refractivity (Wildman–Crippen MR) is 131 cm³/mol. The highest BCUT2D eigenvalue weighted by Gasteiger charge is 2.61. The van der Waals surface area contributed by atoms with E-state index in [1.54, 1.807) is 4.90 Å². The van der Waals surface area contributed by atoms with E-state index in [9.17, 15) is 14.4 Å². The SMILES string of the molecule is Cc1ccc(N2C(=O)CS[C@@]23C(=O)N(CC(=O)Nc2cccc(C)c2)c2ccccc23)cc1. The smallest absolute Gasteiger partial charge is 0.269 e. The summed E-state index contributed by atoms with van der Waals surface area (Å²) in [6.07, 6.45) is 0. The summed E-state index contributed by atoms with van der Waals surface area (Å²) in [6, 6.07) is 22.5. The first kappa shape index (κ1) is 21.3. The van der Waals surface area contributed by atoms with Crippen LogP contribution in [-0.4, -0.2) is 30.0 Å². The van der Waals surface area contributed by atoms with Crippen molar-refractivity contribution >= 4 is 46.5 Å². The largest absolute Gasteiger partial charge is 0.325 e. The standard InChI is InChI=1S/C26H23N3O3S/c1-17-10-12-20(13-11-17)29-24(31)16-33-26(29)21-8-3-4-9-22(21)28(25(26)32)15-23(30)27-19-7-5-6-18(2)14-19/h3-14H,15-16H2,1-2H3,(H,27,30)/t26-/m0/s1. The number of nitrogens with zero attached hydrogens (tertiary/aromatic N) is 2. The number of benzene rings is 3. The average Bonchev–Trinajstić information content (AvgIpc) is 3.26. The van der Waals surface area contributed by atoms with Crippen molar-refractivity contribution in [3.8, 4) is 0 Å². The summed E-state index contributed by atoms with van der Waals surface area (Å²) in [6.45, 7) is 3.79. The average molecular weight is 458 g/mol. The Bertz CT molecular complexity index is 1270. The predicted octanol–water partition coefficient (Wildman–Crippen LogP) is 4.22. The molecule has 1 saturated heterocycles. The van der Waals surface area contributed by atoms with Gasteiger partial charge in [-0.2, -0.15) is 0 Å². The summed E-state index contributed by atoms with van der Waals surface area (Å²) < 4.78 is 0. The molecule has 1 spiro atoms. The van der Waals surface area contributed by atoms with Gasteiger partial charge < -0.3 is 5.32 Å². The van der Waals surface area contributed by atoms with Gasteiger partial charge in [0.15, 0.2) is 0 Å². The highest BCUT2D eigenvalue weighted by atomic mass is 32.2. The normalized spacial score (nSPS) is 19.3. The number of hydrogen-bond donors (Lipinski definition) is 1. The van der Waals surface area contributed by atoms with Gasteiger partial charge in [-0.15, -0.1) is 11.8 Å². The molecule has 3 aromatic rings. The molecule has 0 radical (unpaired) electrons. The van der Waals surface area contributed by atoms with Gasteiger partial charge in [0.1, 0.15) is 6.54 Å². The third-order valence-electron chi connectivity index (χ3n) is 5.96. The van der Waals surface area contributed by atoms with E-state index in [1.165, 1.54) is 16.7 Å². The van der Waals surface area contributed by atoms with Gasteiger partial charge in [-0.25, -0.2) is 0 Å². The molecule has 1 N–H and O–H groups in total. The molecule has 5 rings (SSSR count). The third-order valence-corrected chi connectivity index (χ3v) is 7.35. The first-order valence-electron chi connectivity index (χ1n) is 10.7. The van der Waals surface area contributed by atoms with Gasteiger partial charge >= 0.3 is 0 Å². The van der Waals surface area contributed by atoms with E-state index in [4.69, 9.17) is 0 Å². The molecule has 3 aromatic carbocycles. The van der Waals surface area contributed by atoms with Gasteiger partial charge in [0.2, 0.25) is 16.7 Å². The molecule has 1 fully saturated rings. The van der Waals surface area contributed by atoms with Crippen LogP contribution in [0.5, 0.6) is 0 Å². The van der Waals surface area contributed by atoms with Crippen LogP contribution >= 0.6 is 11.8 Å². The van der Waals surface area contributed by atoms with E-state index in [-0.39, 0.29) is 30.0 Å². The molecular formula is C26H23N3O3S. The van der Waals surface area contributed by atoms with Crippen molar-refractivity contribution in [2.24, 2.45) is 0 Å². The van der Waals surface area contributed by atoms with Crippen LogP contribution in [0.15, 0.2) is 72.8 Å². The van der Waals surface area contributed by atoms with Gasteiger partial charge in [-0.1, -0.05) is 48.0 Å². The molecule has 166 valence electrons. The summed E-state index contributed by atoms with van der Waals surface area (Å²) in [5, 5.41) is 2.88. The second kappa shape index (κ2) is 8.08. The van der Waals surface area contributed by atoms with E-state index >= 15 is 0 Å². The number of nitrogens with one attached hydrogen (secondary N) is 1. The molecule has 0 saturated carbocycles. The lowest BCUT2D eigenvalue weighted by Gasteiger charge is -2.33. The topological polar surface area (TPSA) is 69.7 Å². The molecule has 6 nitrogen and oxygen atoms in total. The highest BCUT2D eigenvalue weighted by Crippen LogP contribution is 2.55. The minimum atomic E-state index is -1.22. The second-order valence-electron chi connectivity index (χ2n) is 8.32. The van der Waals surface area contributed by atoms with Crippen molar-refractivity contribution in [2.75, 3.05) is 27.4 Å². The van der Waals surface area contributed by atoms with Crippen LogP contribution in [0.1, 0.15) is 16.7 Å². The number of hydrogen-bond acceptors (Lipinski definition) is 4. The fourth-order valence-corrected chi connectivity index (χ4v) is 5.83. The number of carbonyl (C=O) groups is 3. The lowest BCUT2D eigenvalue weighted by molar-refractivity contribution is -0.124. The van der Waals surface area contributed by atoms with Crippen LogP contribution < -0.4 is 15.1 Å². The molecule has 7 heteroatoms. The number of anilines is 3. The summed E-state index contributed by atoms with van der Waals surface area (Å²) in [5.41, 5.74) is 4.84. The quantitative estimate of drug-likeness (QED) is 0.637. The first-order valence-corrected chi connectivity index (χ1v) is 11.7. The lowest BCUT2D eigenvalue weighted by atomic mass is 10.0. The van der Waals surface area contributed by atoms with Gasteiger partial charge in [-0.3, -0.25) is 24.2 Å². The maximum absolute atomic E-state index is 14.0. The Kier molecular flexibility index (Phi) is 5.21. The molecule has 0 unspecified atom stereocenters. The van der Waals surface area contributed by atoms with Crippen molar-refractivity contribution in [1.82, 2.24) is 0 Å². The van der Waals surface area contributed by atoms with Gasteiger partial charge in [0.05, 0.1) is 11.4 Å². The zero-order valence-electron chi connectivity index (χ0n) is 18.4. The summed E-state index contributed by atoms with van der Waals surface area (Å²) in [4.78, 5) is 41.8. The Hall–Kier alpha value is -3.58. The van der Waals surface area contributed by atoms with Crippen molar-refractivity contribution < 1.29 is 14.4 Å². The summed E-state index contributed by atoms with van der Waals surface area (Å²) in [5.74, 6) is -0.508. The van der Waals surface area contributed by atoms with Crippen molar-refractivity contribution in [3.63, 3.8) is 0 Å². The molecule has 0 aliphatic carbocycles. The second-order valence-corrected chi connectivity index (χ2v) is 9.49. The first-order chi connectivity index (χ1) is 15.9. The number of amides is 3. The van der Waals surface area contributed by atoms with E-state index < -0.39 is 4.87 Å². The summed E-state index contributed by atoms with van der Waals surface area (Å²) in [7, 11) is 0. The van der Waals surface area contributed by atoms with Crippen molar-refractivity contribution in [1.29, 1.82) is 0 Å². The Morgan fingerprint density at radius 2 is 1.73 bits per heavy atom. The highest BCUT2D eigenvalue weighted by molar-refractivity contribution is 8.02. The van der Waals surface area contributed by atoms with Crippen LogP contribution in [0.4, 0.5) is 17.1 Å². The number of carbonyl (C=O) groups excluding carboxylic acids is 3. The van der Waals surface area contributed by atoms with Gasteiger partial charge in [0, 0.05) is 16.9 Å². The van der Waals surface area contributed by atoms with Crippen LogP contribution in [0.25, 0.3) is 0 Å².